The number of aromatic amines is 1. The lowest BCUT2D eigenvalue weighted by molar-refractivity contribution is 0.252. The van der Waals surface area contributed by atoms with Crippen molar-refractivity contribution in [2.75, 3.05) is 26.0 Å². The number of aryl methyl sites for hydroxylation is 1. The van der Waals surface area contributed by atoms with Gasteiger partial charge in [0.25, 0.3) is 5.56 Å². The van der Waals surface area contributed by atoms with E-state index >= 15 is 0 Å². The molecule has 0 aliphatic carbocycles. The van der Waals surface area contributed by atoms with Crippen molar-refractivity contribution >= 4 is 22.8 Å². The SMILES string of the molecule is CCNC(=O)Nc1ccc(-n2nc3c(c2CN(C)C)c(=O)[nH]c(=O)n3Cc2c(C)cccc2F)cc1. The second kappa shape index (κ2) is 10.2. The highest BCUT2D eigenvalue weighted by molar-refractivity contribution is 5.89. The van der Waals surface area contributed by atoms with Gasteiger partial charge in [-0.25, -0.2) is 18.7 Å². The number of H-pyrrole nitrogens is 1. The molecule has 0 aliphatic heterocycles. The van der Waals surface area contributed by atoms with Gasteiger partial charge in [-0.15, -0.1) is 5.10 Å². The van der Waals surface area contributed by atoms with Crippen molar-refractivity contribution in [3.05, 3.63) is 85.9 Å². The smallest absolute Gasteiger partial charge is 0.330 e. The fourth-order valence-electron chi connectivity index (χ4n) is 4.04. The number of hydrogen-bond donors (Lipinski definition) is 3. The predicted octanol–water partition coefficient (Wildman–Crippen LogP) is 2.57. The zero-order valence-corrected chi connectivity index (χ0v) is 20.6. The molecule has 2 heterocycles. The van der Waals surface area contributed by atoms with Gasteiger partial charge in [0, 0.05) is 24.3 Å². The Morgan fingerprint density at radius 2 is 1.86 bits per heavy atom. The van der Waals surface area contributed by atoms with Crippen LogP contribution >= 0.6 is 0 Å². The third-order valence-corrected chi connectivity index (χ3v) is 5.75. The summed E-state index contributed by atoms with van der Waals surface area (Å²) in [7, 11) is 3.71. The molecule has 0 aliphatic rings. The average Bonchev–Trinajstić information content (AvgIpc) is 3.17. The molecule has 0 radical (unpaired) electrons. The first-order chi connectivity index (χ1) is 17.2. The molecule has 11 heteroatoms. The van der Waals surface area contributed by atoms with Crippen LogP contribution in [0.5, 0.6) is 0 Å². The minimum atomic E-state index is -0.669. The van der Waals surface area contributed by atoms with Crippen molar-refractivity contribution in [2.24, 2.45) is 0 Å². The monoisotopic (exact) mass is 493 g/mol. The molecule has 0 atom stereocenters. The van der Waals surface area contributed by atoms with E-state index in [1.54, 1.807) is 48.0 Å². The van der Waals surface area contributed by atoms with Gasteiger partial charge in [0.1, 0.15) is 11.2 Å². The molecule has 2 aromatic heterocycles. The van der Waals surface area contributed by atoms with Crippen LogP contribution in [-0.2, 0) is 13.1 Å². The Hall–Kier alpha value is -4.25. The highest BCUT2D eigenvalue weighted by Gasteiger charge is 2.21. The van der Waals surface area contributed by atoms with E-state index in [1.807, 2.05) is 25.9 Å². The van der Waals surface area contributed by atoms with Crippen LogP contribution in [0, 0.1) is 12.7 Å². The maximum atomic E-state index is 14.6. The summed E-state index contributed by atoms with van der Waals surface area (Å²) in [5, 5.41) is 10.3. The number of aromatic nitrogens is 4. The summed E-state index contributed by atoms with van der Waals surface area (Å²) >= 11 is 0. The molecule has 36 heavy (non-hydrogen) atoms. The molecule has 0 unspecified atom stereocenters. The van der Waals surface area contributed by atoms with Crippen LogP contribution in [0.2, 0.25) is 0 Å². The molecule has 4 aromatic rings. The molecule has 0 bridgehead atoms. The molecule has 0 saturated heterocycles. The molecule has 2 aromatic carbocycles. The van der Waals surface area contributed by atoms with Gasteiger partial charge in [0.15, 0.2) is 5.65 Å². The summed E-state index contributed by atoms with van der Waals surface area (Å²) in [5.74, 6) is -0.440. The van der Waals surface area contributed by atoms with Crippen LogP contribution in [0.1, 0.15) is 23.7 Å². The Labute approximate surface area is 206 Å². The number of carbonyl (C=O) groups is 1. The topological polar surface area (TPSA) is 117 Å². The largest absolute Gasteiger partial charge is 0.338 e. The molecular formula is C25H28FN7O3. The van der Waals surface area contributed by atoms with Crippen LogP contribution in [0.4, 0.5) is 14.9 Å². The van der Waals surface area contributed by atoms with Gasteiger partial charge in [0.2, 0.25) is 0 Å². The highest BCUT2D eigenvalue weighted by Crippen LogP contribution is 2.22. The average molecular weight is 494 g/mol. The third kappa shape index (κ3) is 4.91. The Bertz CT molecular complexity index is 1510. The first-order valence-electron chi connectivity index (χ1n) is 11.5. The van der Waals surface area contributed by atoms with E-state index in [2.05, 4.69) is 20.7 Å². The number of rotatable bonds is 7. The van der Waals surface area contributed by atoms with E-state index in [0.717, 1.165) is 0 Å². The third-order valence-electron chi connectivity index (χ3n) is 5.75. The van der Waals surface area contributed by atoms with Crippen LogP contribution in [0.25, 0.3) is 16.7 Å². The van der Waals surface area contributed by atoms with Gasteiger partial charge >= 0.3 is 11.7 Å². The molecule has 0 saturated carbocycles. The van der Waals surface area contributed by atoms with Gasteiger partial charge in [-0.2, -0.15) is 0 Å². The van der Waals surface area contributed by atoms with Crippen molar-refractivity contribution in [1.29, 1.82) is 0 Å². The number of benzene rings is 2. The minimum absolute atomic E-state index is 0.0849. The first-order valence-corrected chi connectivity index (χ1v) is 11.5. The van der Waals surface area contributed by atoms with Crippen LogP contribution < -0.4 is 21.9 Å². The van der Waals surface area contributed by atoms with Crippen LogP contribution in [0.3, 0.4) is 0 Å². The quantitative estimate of drug-likeness (QED) is 0.366. The van der Waals surface area contributed by atoms with Crippen molar-refractivity contribution in [3.8, 4) is 5.69 Å². The molecule has 3 N–H and O–H groups in total. The highest BCUT2D eigenvalue weighted by atomic mass is 19.1. The molecule has 188 valence electrons. The van der Waals surface area contributed by atoms with Crippen molar-refractivity contribution in [1.82, 2.24) is 29.5 Å². The molecule has 0 fully saturated rings. The normalized spacial score (nSPS) is 11.3. The summed E-state index contributed by atoms with van der Waals surface area (Å²) < 4.78 is 17.5. The van der Waals surface area contributed by atoms with Gasteiger partial charge in [0.05, 0.1) is 17.9 Å². The Kier molecular flexibility index (Phi) is 7.02. The molecular weight excluding hydrogens is 465 g/mol. The Morgan fingerprint density at radius 1 is 1.14 bits per heavy atom. The second-order valence-corrected chi connectivity index (χ2v) is 8.71. The number of nitrogens with one attached hydrogen (secondary N) is 3. The summed E-state index contributed by atoms with van der Waals surface area (Å²) in [6.07, 6.45) is 0. The molecule has 10 nitrogen and oxygen atoms in total. The lowest BCUT2D eigenvalue weighted by Gasteiger charge is -2.13. The van der Waals surface area contributed by atoms with Gasteiger partial charge in [-0.3, -0.25) is 14.3 Å². The zero-order valence-electron chi connectivity index (χ0n) is 20.6. The standard InChI is InChI=1S/C25H28FN7O3/c1-5-27-24(35)28-16-9-11-17(12-10-16)33-20(14-31(3)4)21-22(30-33)32(25(36)29-23(21)34)13-18-15(2)7-6-8-19(18)26/h6-12H,5,13-14H2,1-4H3,(H2,27,28,35)(H,29,34,36). The zero-order chi connectivity index (χ0) is 26.0. The number of urea groups is 1. The summed E-state index contributed by atoms with van der Waals surface area (Å²) in [6.45, 7) is 4.36. The number of hydrogen-bond acceptors (Lipinski definition) is 5. The lowest BCUT2D eigenvalue weighted by Crippen LogP contribution is -2.31. The van der Waals surface area contributed by atoms with E-state index in [4.69, 9.17) is 0 Å². The Morgan fingerprint density at radius 3 is 2.50 bits per heavy atom. The summed E-state index contributed by atoms with van der Waals surface area (Å²) in [6, 6.07) is 11.3. The summed E-state index contributed by atoms with van der Waals surface area (Å²) in [5.41, 5.74) is 1.74. The predicted molar refractivity (Wildman–Crippen MR) is 136 cm³/mol. The first kappa shape index (κ1) is 24.9. The van der Waals surface area contributed by atoms with E-state index in [-0.39, 0.29) is 23.6 Å². The van der Waals surface area contributed by atoms with Gasteiger partial charge < -0.3 is 15.5 Å². The number of amides is 2. The van der Waals surface area contributed by atoms with E-state index in [9.17, 15) is 18.8 Å². The van der Waals surface area contributed by atoms with Crippen LogP contribution in [0.15, 0.2) is 52.1 Å². The van der Waals surface area contributed by atoms with Gasteiger partial charge in [-0.1, -0.05) is 12.1 Å². The van der Waals surface area contributed by atoms with Crippen molar-refractivity contribution in [2.45, 2.75) is 26.9 Å². The maximum Gasteiger partial charge on any atom is 0.330 e. The van der Waals surface area contributed by atoms with Gasteiger partial charge in [-0.05, 0) is 63.8 Å². The van der Waals surface area contributed by atoms with E-state index < -0.39 is 17.1 Å². The van der Waals surface area contributed by atoms with Crippen LogP contribution in [-0.4, -0.2) is 50.9 Å². The van der Waals surface area contributed by atoms with Crippen molar-refractivity contribution in [3.63, 3.8) is 0 Å². The Balaban J connectivity index is 1.87. The number of carbonyl (C=O) groups excluding carboxylic acids is 1. The fourth-order valence-corrected chi connectivity index (χ4v) is 4.04. The van der Waals surface area contributed by atoms with E-state index in [1.165, 1.54) is 10.6 Å². The fraction of sp³-hybridized carbons (Fsp3) is 0.280. The number of fused-ring (bicyclic) bond motifs is 1. The second-order valence-electron chi connectivity index (χ2n) is 8.71. The molecule has 2 amide bonds. The minimum Gasteiger partial charge on any atom is -0.338 e. The van der Waals surface area contributed by atoms with Crippen molar-refractivity contribution < 1.29 is 9.18 Å². The lowest BCUT2D eigenvalue weighted by atomic mass is 10.1. The maximum absolute atomic E-state index is 14.6. The summed E-state index contributed by atoms with van der Waals surface area (Å²) in [4.78, 5) is 41.9. The molecule has 4 rings (SSSR count). The molecule has 0 spiro atoms. The number of nitrogens with zero attached hydrogens (tertiary/aromatic N) is 4. The van der Waals surface area contributed by atoms with E-state index in [0.29, 0.717) is 41.3 Å². The number of anilines is 1. The number of halogens is 1.